The van der Waals surface area contributed by atoms with Gasteiger partial charge in [0.25, 0.3) is 0 Å². The zero-order valence-electron chi connectivity index (χ0n) is 7.48. The maximum Gasteiger partial charge on any atom is 0.434 e. The molecule has 2 nitrogen and oxygen atoms in total. The molecule has 6 heteroatoms. The molecule has 0 aromatic carbocycles. The lowest BCUT2D eigenvalue weighted by Gasteiger charge is -2.09. The van der Waals surface area contributed by atoms with Gasteiger partial charge in [0, 0.05) is 5.92 Å². The standard InChI is InChI=1S/C8H7ClF3N2/c1-4(2)7-13-3-5(9)6(14-7)8(10,11)12/h4H,1-2H3. The Labute approximate surface area is 84.1 Å². The van der Waals surface area contributed by atoms with E-state index in [9.17, 15) is 13.2 Å². The van der Waals surface area contributed by atoms with Crippen molar-refractivity contribution in [2.75, 3.05) is 0 Å². The summed E-state index contributed by atoms with van der Waals surface area (Å²) in [7, 11) is 0. The van der Waals surface area contributed by atoms with Gasteiger partial charge in [-0.05, 0) is 0 Å². The number of aromatic nitrogens is 2. The first kappa shape index (κ1) is 11.2. The Morgan fingerprint density at radius 2 is 1.93 bits per heavy atom. The summed E-state index contributed by atoms with van der Waals surface area (Å²) < 4.78 is 36.9. The highest BCUT2D eigenvalue weighted by Gasteiger charge is 2.36. The first-order valence-electron chi connectivity index (χ1n) is 3.84. The van der Waals surface area contributed by atoms with Crippen LogP contribution >= 0.6 is 11.6 Å². The summed E-state index contributed by atoms with van der Waals surface area (Å²) in [5, 5.41) is -0.595. The summed E-state index contributed by atoms with van der Waals surface area (Å²) in [6, 6.07) is 0. The lowest BCUT2D eigenvalue weighted by Crippen LogP contribution is -2.12. The zero-order valence-corrected chi connectivity index (χ0v) is 8.24. The fourth-order valence-electron chi connectivity index (χ4n) is 0.794. The van der Waals surface area contributed by atoms with Crippen LogP contribution in [0, 0.1) is 6.20 Å². The topological polar surface area (TPSA) is 25.8 Å². The van der Waals surface area contributed by atoms with Crippen LogP contribution in [0.1, 0.15) is 31.3 Å². The molecule has 1 aromatic heterocycles. The SMILES string of the molecule is CC(C)c1n[c]c(Cl)c(C(F)(F)F)n1. The summed E-state index contributed by atoms with van der Waals surface area (Å²) in [5.41, 5.74) is -1.13. The van der Waals surface area contributed by atoms with E-state index >= 15 is 0 Å². The lowest BCUT2D eigenvalue weighted by molar-refractivity contribution is -0.141. The van der Waals surface area contributed by atoms with Crippen molar-refractivity contribution >= 4 is 11.6 Å². The van der Waals surface area contributed by atoms with Crippen LogP contribution in [-0.4, -0.2) is 9.97 Å². The molecule has 0 bridgehead atoms. The number of halogens is 4. The minimum Gasteiger partial charge on any atom is -0.229 e. The van der Waals surface area contributed by atoms with Crippen molar-refractivity contribution in [3.05, 3.63) is 22.7 Å². The van der Waals surface area contributed by atoms with Gasteiger partial charge < -0.3 is 0 Å². The fraction of sp³-hybridized carbons (Fsp3) is 0.500. The summed E-state index contributed by atoms with van der Waals surface area (Å²) in [6.45, 7) is 3.38. The van der Waals surface area contributed by atoms with Gasteiger partial charge in [0.2, 0.25) is 0 Å². The van der Waals surface area contributed by atoms with Crippen LogP contribution < -0.4 is 0 Å². The first-order valence-corrected chi connectivity index (χ1v) is 4.22. The minimum absolute atomic E-state index is 0.0849. The number of hydrogen-bond donors (Lipinski definition) is 0. The molecule has 0 N–H and O–H groups in total. The molecule has 77 valence electrons. The Bertz CT molecular complexity index is 336. The van der Waals surface area contributed by atoms with E-state index in [1.54, 1.807) is 13.8 Å². The van der Waals surface area contributed by atoms with Gasteiger partial charge in [-0.25, -0.2) is 9.97 Å². The maximum absolute atomic E-state index is 12.3. The minimum atomic E-state index is -4.56. The molecule has 0 unspecified atom stereocenters. The van der Waals surface area contributed by atoms with Gasteiger partial charge >= 0.3 is 6.18 Å². The van der Waals surface area contributed by atoms with Crippen molar-refractivity contribution in [3.63, 3.8) is 0 Å². The molecule has 0 saturated heterocycles. The number of hydrogen-bond acceptors (Lipinski definition) is 2. The van der Waals surface area contributed by atoms with Gasteiger partial charge in [0.1, 0.15) is 12.0 Å². The third-order valence-corrected chi connectivity index (χ3v) is 1.75. The molecular weight excluding hydrogens is 217 g/mol. The summed E-state index contributed by atoms with van der Waals surface area (Å²) in [6.07, 6.45) is -2.47. The number of alkyl halides is 3. The summed E-state index contributed by atoms with van der Waals surface area (Å²) >= 11 is 5.28. The zero-order chi connectivity index (χ0) is 10.9. The van der Waals surface area contributed by atoms with Gasteiger partial charge in [0.05, 0.1) is 5.02 Å². The molecule has 0 atom stereocenters. The second kappa shape index (κ2) is 3.73. The van der Waals surface area contributed by atoms with Crippen molar-refractivity contribution in [3.8, 4) is 0 Å². The molecule has 0 spiro atoms. The molecule has 0 fully saturated rings. The van der Waals surface area contributed by atoms with Crippen molar-refractivity contribution in [2.45, 2.75) is 25.9 Å². The van der Waals surface area contributed by atoms with Gasteiger partial charge in [-0.1, -0.05) is 25.4 Å². The van der Waals surface area contributed by atoms with Crippen molar-refractivity contribution in [1.82, 2.24) is 9.97 Å². The Morgan fingerprint density at radius 1 is 1.36 bits per heavy atom. The van der Waals surface area contributed by atoms with Crippen molar-refractivity contribution < 1.29 is 13.2 Å². The predicted octanol–water partition coefficient (Wildman–Crippen LogP) is 3.07. The quantitative estimate of drug-likeness (QED) is 0.731. The average molecular weight is 224 g/mol. The second-order valence-corrected chi connectivity index (χ2v) is 3.39. The largest absolute Gasteiger partial charge is 0.434 e. The number of rotatable bonds is 1. The van der Waals surface area contributed by atoms with Crippen LogP contribution in [0.15, 0.2) is 0 Å². The smallest absolute Gasteiger partial charge is 0.229 e. The second-order valence-electron chi connectivity index (χ2n) is 3.01. The highest BCUT2D eigenvalue weighted by atomic mass is 35.5. The molecule has 1 rings (SSSR count). The van der Waals surface area contributed by atoms with Crippen LogP contribution in [0.4, 0.5) is 13.2 Å². The van der Waals surface area contributed by atoms with Gasteiger partial charge in [-0.2, -0.15) is 13.2 Å². The van der Waals surface area contributed by atoms with E-state index < -0.39 is 16.9 Å². The van der Waals surface area contributed by atoms with E-state index in [1.165, 1.54) is 0 Å². The normalized spacial score (nSPS) is 12.2. The lowest BCUT2D eigenvalue weighted by atomic mass is 10.2. The van der Waals surface area contributed by atoms with E-state index in [0.29, 0.717) is 0 Å². The Kier molecular flexibility index (Phi) is 2.99. The molecule has 0 amide bonds. The highest BCUT2D eigenvalue weighted by molar-refractivity contribution is 6.31. The molecule has 0 aliphatic carbocycles. The van der Waals surface area contributed by atoms with Crippen LogP contribution in [-0.2, 0) is 6.18 Å². The van der Waals surface area contributed by atoms with Crippen LogP contribution in [0.3, 0.4) is 0 Å². The Morgan fingerprint density at radius 3 is 2.36 bits per heavy atom. The molecular formula is C8H7ClF3N2. The fourth-order valence-corrected chi connectivity index (χ4v) is 0.986. The first-order chi connectivity index (χ1) is 6.32. The molecule has 1 heterocycles. The van der Waals surface area contributed by atoms with E-state index in [0.717, 1.165) is 0 Å². The Hall–Kier alpha value is -0.840. The van der Waals surface area contributed by atoms with E-state index in [4.69, 9.17) is 11.6 Å². The van der Waals surface area contributed by atoms with Crippen LogP contribution in [0.5, 0.6) is 0 Å². The maximum atomic E-state index is 12.3. The third kappa shape index (κ3) is 2.35. The van der Waals surface area contributed by atoms with E-state index in [-0.39, 0.29) is 11.7 Å². The van der Waals surface area contributed by atoms with Crippen LogP contribution in [0.2, 0.25) is 5.02 Å². The average Bonchev–Trinajstić information content (AvgIpc) is 2.02. The molecule has 0 aliphatic heterocycles. The molecule has 0 saturated carbocycles. The molecule has 0 aliphatic rings. The molecule has 1 radical (unpaired) electrons. The van der Waals surface area contributed by atoms with E-state index in [1.807, 2.05) is 0 Å². The van der Waals surface area contributed by atoms with Crippen LogP contribution in [0.25, 0.3) is 0 Å². The van der Waals surface area contributed by atoms with Gasteiger partial charge in [-0.3, -0.25) is 0 Å². The summed E-state index contributed by atoms with van der Waals surface area (Å²) in [5.74, 6) is -0.105. The monoisotopic (exact) mass is 223 g/mol. The molecule has 1 aromatic rings. The van der Waals surface area contributed by atoms with Gasteiger partial charge in [-0.15, -0.1) is 0 Å². The third-order valence-electron chi connectivity index (χ3n) is 1.49. The Balaban J connectivity index is 3.22. The van der Waals surface area contributed by atoms with Crippen molar-refractivity contribution in [1.29, 1.82) is 0 Å². The van der Waals surface area contributed by atoms with Gasteiger partial charge in [0.15, 0.2) is 5.69 Å². The van der Waals surface area contributed by atoms with Crippen molar-refractivity contribution in [2.24, 2.45) is 0 Å². The highest BCUT2D eigenvalue weighted by Crippen LogP contribution is 2.32. The van der Waals surface area contributed by atoms with E-state index in [2.05, 4.69) is 16.2 Å². The number of nitrogens with zero attached hydrogens (tertiary/aromatic N) is 2. The molecule has 14 heavy (non-hydrogen) atoms. The summed E-state index contributed by atoms with van der Waals surface area (Å²) in [4.78, 5) is 6.93. The predicted molar refractivity (Wildman–Crippen MR) is 45.0 cm³/mol.